The number of rotatable bonds is 38. The molecule has 0 spiro atoms. The molecular weight excluding hydrogens is 1140 g/mol. The number of hydrogen-bond acceptors (Lipinski definition) is 13. The summed E-state index contributed by atoms with van der Waals surface area (Å²) >= 11 is 1.15. The van der Waals surface area contributed by atoms with Gasteiger partial charge in [-0.2, -0.15) is 11.8 Å². The van der Waals surface area contributed by atoms with Crippen molar-refractivity contribution in [3.05, 3.63) is 83.7 Å². The SMILES string of the molecule is CC1CC(=O)N(CCCCCC(=O)N[C@@H](C)C(=O)C[C@@H](C)C(=O)N[C@@H](CC(N)=O)C(=O)CCCCN(C(=O)CSCCC(=O)NCCC(=O)N[C@@H](CCC(=O)O)C(=O)O)[C@@H](c2cc(-c3cc(F)ccc3F)cn2Cc2ccccc2)C(C)(C)C)C1=O. The molecule has 22 nitrogen and oxygen atoms in total. The normalized spacial score (nSPS) is 15.0. The van der Waals surface area contributed by atoms with E-state index in [0.717, 1.165) is 35.5 Å². The first-order valence-electron chi connectivity index (χ1n) is 28.9. The smallest absolute Gasteiger partial charge is 0.326 e. The van der Waals surface area contributed by atoms with Crippen LogP contribution in [-0.4, -0.2) is 145 Å². The summed E-state index contributed by atoms with van der Waals surface area (Å²) in [5.41, 5.74) is 6.59. The summed E-state index contributed by atoms with van der Waals surface area (Å²) in [6.45, 7) is 10.9. The highest BCUT2D eigenvalue weighted by molar-refractivity contribution is 7.99. The molecule has 2 aromatic carbocycles. The fourth-order valence-electron chi connectivity index (χ4n) is 9.91. The summed E-state index contributed by atoms with van der Waals surface area (Å²) in [5, 5.41) is 28.3. The third-order valence-electron chi connectivity index (χ3n) is 14.5. The number of Topliss-reactive ketones (excluding diaryl/α,β-unsaturated/α-hetero) is 2. The maximum absolute atomic E-state index is 15.5. The molecule has 1 aliphatic rings. The van der Waals surface area contributed by atoms with Crippen LogP contribution in [0.4, 0.5) is 8.78 Å². The number of benzene rings is 2. The molecule has 1 saturated heterocycles. The zero-order valence-corrected chi connectivity index (χ0v) is 50.6. The van der Waals surface area contributed by atoms with E-state index in [1.807, 2.05) is 55.7 Å². The van der Waals surface area contributed by atoms with Gasteiger partial charge in [0.2, 0.25) is 47.3 Å². The van der Waals surface area contributed by atoms with Gasteiger partial charge in [-0.1, -0.05) is 71.4 Å². The van der Waals surface area contributed by atoms with Crippen LogP contribution in [0.25, 0.3) is 11.1 Å². The molecule has 1 unspecified atom stereocenters. The van der Waals surface area contributed by atoms with Crippen molar-refractivity contribution in [2.24, 2.45) is 23.0 Å². The van der Waals surface area contributed by atoms with Gasteiger partial charge >= 0.3 is 11.9 Å². The Morgan fingerprint density at radius 1 is 0.779 bits per heavy atom. The molecule has 4 rings (SSSR count). The van der Waals surface area contributed by atoms with Crippen molar-refractivity contribution in [1.29, 1.82) is 0 Å². The number of thioether (sulfide) groups is 1. The van der Waals surface area contributed by atoms with E-state index >= 15 is 4.39 Å². The van der Waals surface area contributed by atoms with E-state index in [-0.39, 0.29) is 125 Å². The Hall–Kier alpha value is -7.83. The van der Waals surface area contributed by atoms with Gasteiger partial charge in [-0.05, 0) is 74.3 Å². The number of carboxylic acids is 2. The molecule has 6 atom stereocenters. The second-order valence-corrected chi connectivity index (χ2v) is 24.0. The highest BCUT2D eigenvalue weighted by atomic mass is 32.2. The minimum absolute atomic E-state index is 0.00233. The average Bonchev–Trinajstić information content (AvgIpc) is 1.72. The van der Waals surface area contributed by atoms with Crippen LogP contribution in [0.3, 0.4) is 0 Å². The largest absolute Gasteiger partial charge is 0.481 e. The predicted octanol–water partition coefficient (Wildman–Crippen LogP) is 5.62. The zero-order valence-electron chi connectivity index (χ0n) is 49.8. The number of ketones is 2. The van der Waals surface area contributed by atoms with Crippen LogP contribution in [0, 0.1) is 28.9 Å². The fourth-order valence-corrected chi connectivity index (χ4v) is 10.7. The number of halogens is 2. The van der Waals surface area contributed by atoms with Crippen LogP contribution in [0.5, 0.6) is 0 Å². The van der Waals surface area contributed by atoms with E-state index in [0.29, 0.717) is 30.5 Å². The first kappa shape index (κ1) is 70.7. The standard InChI is InChI=1S/C61H82F2N8O14S/c1-37(29-49(73)39(3)66-52(76)18-11-8-13-27-71-54(78)30-38(2)59(71)83)58(82)68-46(33-50(64)74)48(72)17-12-14-26-70(55(79)36-86-28-24-51(75)65-25-23-53(77)67-45(60(84)85)21-22-56(80)81)57(61(4,5)6)47-31-41(43-32-42(62)19-20-44(43)63)35-69(47)34-40-15-9-7-10-16-40/h7,9-10,15-16,19-20,31-32,35,37-39,45-46,57H,8,11-14,17-18,21-30,33-34,36H2,1-6H3,(H2,64,74)(H,65,75)(H,66,76)(H,67,77)(H,68,82)(H,80,81)(H,84,85)/t37-,38?,39+,45+,46+,57+/m1/s1. The molecule has 0 saturated carbocycles. The maximum Gasteiger partial charge on any atom is 0.326 e. The van der Waals surface area contributed by atoms with Crippen molar-refractivity contribution in [2.75, 3.05) is 31.1 Å². The molecule has 86 heavy (non-hydrogen) atoms. The number of nitrogens with zero attached hydrogens (tertiary/aromatic N) is 3. The summed E-state index contributed by atoms with van der Waals surface area (Å²) in [5.74, 6) is -10.2. The van der Waals surface area contributed by atoms with Crippen LogP contribution in [0.2, 0.25) is 0 Å². The van der Waals surface area contributed by atoms with Gasteiger partial charge in [-0.15, -0.1) is 0 Å². The third-order valence-corrected chi connectivity index (χ3v) is 15.4. The average molecular weight is 1220 g/mol. The molecule has 2 heterocycles. The van der Waals surface area contributed by atoms with Crippen LogP contribution >= 0.6 is 11.8 Å². The summed E-state index contributed by atoms with van der Waals surface area (Å²) in [4.78, 5) is 155. The van der Waals surface area contributed by atoms with Gasteiger partial charge in [0.15, 0.2) is 11.6 Å². The second kappa shape index (κ2) is 34.3. The number of amides is 8. The zero-order chi connectivity index (χ0) is 63.8. The van der Waals surface area contributed by atoms with Crippen molar-refractivity contribution in [2.45, 2.75) is 162 Å². The molecule has 8 N–H and O–H groups in total. The molecular formula is C61H82F2N8O14S. The lowest BCUT2D eigenvalue weighted by molar-refractivity contribution is -0.143. The van der Waals surface area contributed by atoms with Gasteiger partial charge in [0, 0.05) is 112 Å². The minimum atomic E-state index is -1.43. The molecule has 3 aromatic rings. The highest BCUT2D eigenvalue weighted by Gasteiger charge is 2.38. The Morgan fingerprint density at radius 2 is 1.47 bits per heavy atom. The first-order valence-corrected chi connectivity index (χ1v) is 30.1. The number of aromatic nitrogens is 1. The lowest BCUT2D eigenvalue weighted by atomic mass is 9.82. The van der Waals surface area contributed by atoms with E-state index < -0.39 is 113 Å². The number of carbonyl (C=O) groups excluding carboxylic acids is 10. The Balaban J connectivity index is 1.45. The Bertz CT molecular complexity index is 2920. The maximum atomic E-state index is 15.5. The number of carboxylic acid groups (broad SMARTS) is 2. The van der Waals surface area contributed by atoms with E-state index in [9.17, 15) is 67.0 Å². The number of imide groups is 1. The number of aliphatic carboxylic acids is 2. The second-order valence-electron chi connectivity index (χ2n) is 22.9. The van der Waals surface area contributed by atoms with Crippen LogP contribution in [0.15, 0.2) is 60.8 Å². The lowest BCUT2D eigenvalue weighted by Gasteiger charge is -2.41. The van der Waals surface area contributed by atoms with Crippen molar-refractivity contribution in [3.8, 4) is 11.1 Å². The number of nitrogens with one attached hydrogen (secondary N) is 4. The topological polar surface area (TPSA) is 331 Å². The molecule has 8 amide bonds. The molecule has 1 aliphatic heterocycles. The number of nitrogens with two attached hydrogens (primary N) is 1. The van der Waals surface area contributed by atoms with Gasteiger partial charge in [-0.25, -0.2) is 13.6 Å². The predicted molar refractivity (Wildman–Crippen MR) is 315 cm³/mol. The summed E-state index contributed by atoms with van der Waals surface area (Å²) in [6, 6.07) is 9.74. The fraction of sp³-hybridized carbons (Fsp3) is 0.541. The number of carbonyl (C=O) groups is 12. The van der Waals surface area contributed by atoms with E-state index in [1.54, 1.807) is 24.1 Å². The van der Waals surface area contributed by atoms with Crippen molar-refractivity contribution in [1.82, 2.24) is 35.6 Å². The van der Waals surface area contributed by atoms with Gasteiger partial charge in [0.1, 0.15) is 17.7 Å². The lowest BCUT2D eigenvalue weighted by Crippen LogP contribution is -2.46. The monoisotopic (exact) mass is 1220 g/mol. The highest BCUT2D eigenvalue weighted by Crippen LogP contribution is 2.42. The summed E-state index contributed by atoms with van der Waals surface area (Å²) in [7, 11) is 0. The van der Waals surface area contributed by atoms with E-state index in [2.05, 4.69) is 21.3 Å². The number of likely N-dealkylation sites (tertiary alicyclic amines) is 1. The Kier molecular flexibility index (Phi) is 28.2. The van der Waals surface area contributed by atoms with E-state index in [1.165, 1.54) is 18.7 Å². The molecule has 25 heteroatoms. The minimum Gasteiger partial charge on any atom is -0.481 e. The van der Waals surface area contributed by atoms with Crippen molar-refractivity contribution in [3.63, 3.8) is 0 Å². The number of hydrogen-bond donors (Lipinski definition) is 7. The molecule has 1 fully saturated rings. The van der Waals surface area contributed by atoms with Crippen molar-refractivity contribution >= 4 is 82.5 Å². The van der Waals surface area contributed by atoms with Gasteiger partial charge < -0.3 is 46.7 Å². The summed E-state index contributed by atoms with van der Waals surface area (Å²) in [6.07, 6.45) is 1.71. The van der Waals surface area contributed by atoms with E-state index in [4.69, 9.17) is 10.8 Å². The molecule has 0 aliphatic carbocycles. The van der Waals surface area contributed by atoms with Gasteiger partial charge in [0.25, 0.3) is 0 Å². The molecule has 470 valence electrons. The number of unbranched alkanes of at least 4 members (excludes halogenated alkanes) is 3. The molecule has 0 radical (unpaired) electrons. The third kappa shape index (κ3) is 23.2. The number of primary amides is 1. The van der Waals surface area contributed by atoms with Gasteiger partial charge in [-0.3, -0.25) is 57.6 Å². The Labute approximate surface area is 503 Å². The molecule has 1 aromatic heterocycles. The van der Waals surface area contributed by atoms with Crippen LogP contribution in [-0.2, 0) is 64.1 Å². The van der Waals surface area contributed by atoms with Crippen LogP contribution in [0.1, 0.15) is 149 Å². The first-order chi connectivity index (χ1) is 40.5. The van der Waals surface area contributed by atoms with Crippen LogP contribution < -0.4 is 27.0 Å². The quantitative estimate of drug-likeness (QED) is 0.0271. The molecule has 0 bridgehead atoms. The van der Waals surface area contributed by atoms with Crippen molar-refractivity contribution < 1.29 is 76.5 Å². The van der Waals surface area contributed by atoms with Gasteiger partial charge in [0.05, 0.1) is 30.3 Å². The summed E-state index contributed by atoms with van der Waals surface area (Å²) < 4.78 is 32.1. The Morgan fingerprint density at radius 3 is 2.10 bits per heavy atom.